The number of anilines is 1. The van der Waals surface area contributed by atoms with E-state index in [1.807, 2.05) is 0 Å². The van der Waals surface area contributed by atoms with E-state index in [1.54, 1.807) is 29.8 Å². The SMILES string of the molecule is COC(=O)c1cc(NC(=O)c2nnn(Cc3ccc(Cl)c(Cl)c3)c2C)ccc1O. The Kier molecular flexibility index (Phi) is 6.05. The number of esters is 1. The Morgan fingerprint density at radius 1 is 1.17 bits per heavy atom. The van der Waals surface area contributed by atoms with Gasteiger partial charge in [-0.25, -0.2) is 9.48 Å². The maximum Gasteiger partial charge on any atom is 0.341 e. The van der Waals surface area contributed by atoms with Gasteiger partial charge in [0.15, 0.2) is 5.69 Å². The number of halogens is 2. The lowest BCUT2D eigenvalue weighted by atomic mass is 10.1. The van der Waals surface area contributed by atoms with Gasteiger partial charge in [-0.3, -0.25) is 4.79 Å². The summed E-state index contributed by atoms with van der Waals surface area (Å²) in [6, 6.07) is 9.26. The van der Waals surface area contributed by atoms with Crippen molar-refractivity contribution in [3.05, 3.63) is 69.0 Å². The quantitative estimate of drug-likeness (QED) is 0.468. The van der Waals surface area contributed by atoms with Crippen molar-refractivity contribution >= 4 is 40.8 Å². The second-order valence-electron chi connectivity index (χ2n) is 6.11. The van der Waals surface area contributed by atoms with Crippen LogP contribution in [0.5, 0.6) is 5.75 Å². The van der Waals surface area contributed by atoms with Gasteiger partial charge in [-0.05, 0) is 42.8 Å². The molecule has 1 aromatic heterocycles. The number of phenolic OH excluding ortho intramolecular Hbond substituents is 1. The number of ether oxygens (including phenoxy) is 1. The summed E-state index contributed by atoms with van der Waals surface area (Å²) in [7, 11) is 1.20. The number of aromatic nitrogens is 3. The van der Waals surface area contributed by atoms with Gasteiger partial charge in [0.2, 0.25) is 0 Å². The molecule has 1 heterocycles. The molecular weight excluding hydrogens is 419 g/mol. The van der Waals surface area contributed by atoms with Crippen molar-refractivity contribution in [1.82, 2.24) is 15.0 Å². The Balaban J connectivity index is 1.79. The van der Waals surface area contributed by atoms with Crippen molar-refractivity contribution in [2.45, 2.75) is 13.5 Å². The number of nitrogens with one attached hydrogen (secondary N) is 1. The number of benzene rings is 2. The first-order valence-corrected chi connectivity index (χ1v) is 9.12. The van der Waals surface area contributed by atoms with Crippen molar-refractivity contribution in [3.63, 3.8) is 0 Å². The predicted molar refractivity (Wildman–Crippen MR) is 108 cm³/mol. The van der Waals surface area contributed by atoms with Crippen molar-refractivity contribution in [2.24, 2.45) is 0 Å². The molecule has 0 aliphatic rings. The van der Waals surface area contributed by atoms with E-state index in [4.69, 9.17) is 23.2 Å². The average molecular weight is 435 g/mol. The third-order valence-corrected chi connectivity index (χ3v) is 4.91. The van der Waals surface area contributed by atoms with Crippen LogP contribution in [0, 0.1) is 6.92 Å². The Bertz CT molecular complexity index is 1100. The molecule has 0 saturated heterocycles. The highest BCUT2D eigenvalue weighted by molar-refractivity contribution is 6.42. The van der Waals surface area contributed by atoms with E-state index in [-0.39, 0.29) is 17.0 Å². The number of phenols is 1. The molecule has 150 valence electrons. The monoisotopic (exact) mass is 434 g/mol. The first kappa shape index (κ1) is 20.6. The molecule has 0 radical (unpaired) electrons. The summed E-state index contributed by atoms with van der Waals surface area (Å²) >= 11 is 12.0. The second-order valence-corrected chi connectivity index (χ2v) is 6.92. The first-order valence-electron chi connectivity index (χ1n) is 8.37. The van der Waals surface area contributed by atoms with Gasteiger partial charge >= 0.3 is 5.97 Å². The summed E-state index contributed by atoms with van der Waals surface area (Å²) in [6.07, 6.45) is 0. The molecule has 2 N–H and O–H groups in total. The van der Waals surface area contributed by atoms with E-state index >= 15 is 0 Å². The zero-order chi connectivity index (χ0) is 21.1. The summed E-state index contributed by atoms with van der Waals surface area (Å²) in [4.78, 5) is 24.3. The predicted octanol–water partition coefficient (Wildman–Crippen LogP) is 3.69. The fraction of sp³-hybridized carbons (Fsp3) is 0.158. The number of nitrogens with zero attached hydrogens (tertiary/aromatic N) is 3. The molecule has 0 bridgehead atoms. The summed E-state index contributed by atoms with van der Waals surface area (Å²) < 4.78 is 6.16. The molecule has 3 aromatic rings. The molecule has 0 fully saturated rings. The molecule has 3 rings (SSSR count). The highest BCUT2D eigenvalue weighted by Gasteiger charge is 2.19. The average Bonchev–Trinajstić information content (AvgIpc) is 3.06. The van der Waals surface area contributed by atoms with Crippen LogP contribution >= 0.6 is 23.2 Å². The van der Waals surface area contributed by atoms with Gasteiger partial charge in [0, 0.05) is 5.69 Å². The molecule has 8 nitrogen and oxygen atoms in total. The molecule has 2 aromatic carbocycles. The number of methoxy groups -OCH3 is 1. The van der Waals surface area contributed by atoms with Gasteiger partial charge < -0.3 is 15.2 Å². The van der Waals surface area contributed by atoms with Crippen LogP contribution in [0.3, 0.4) is 0 Å². The third kappa shape index (κ3) is 4.49. The minimum absolute atomic E-state index is 0.0645. The maximum absolute atomic E-state index is 12.6. The minimum Gasteiger partial charge on any atom is -0.507 e. The standard InChI is InChI=1S/C19H16Cl2N4O4/c1-10-17(23-24-25(10)9-11-3-5-14(20)15(21)7-11)18(27)22-12-4-6-16(26)13(8-12)19(28)29-2/h3-8,26H,9H2,1-2H3,(H,22,27). The van der Waals surface area contributed by atoms with Crippen molar-refractivity contribution in [2.75, 3.05) is 12.4 Å². The van der Waals surface area contributed by atoms with Gasteiger partial charge in [0.05, 0.1) is 29.4 Å². The number of hydrogen-bond donors (Lipinski definition) is 2. The Hall–Kier alpha value is -3.10. The highest BCUT2D eigenvalue weighted by Crippen LogP contribution is 2.24. The molecule has 29 heavy (non-hydrogen) atoms. The number of rotatable bonds is 5. The molecule has 10 heteroatoms. The smallest absolute Gasteiger partial charge is 0.341 e. The summed E-state index contributed by atoms with van der Waals surface area (Å²) in [6.45, 7) is 2.07. The van der Waals surface area contributed by atoms with Crippen LogP contribution in [0.25, 0.3) is 0 Å². The van der Waals surface area contributed by atoms with Crippen LogP contribution in [0.15, 0.2) is 36.4 Å². The van der Waals surface area contributed by atoms with Crippen molar-refractivity contribution < 1.29 is 19.4 Å². The van der Waals surface area contributed by atoms with Crippen LogP contribution in [0.1, 0.15) is 32.1 Å². The number of hydrogen-bond acceptors (Lipinski definition) is 6. The molecule has 0 aliphatic heterocycles. The lowest BCUT2D eigenvalue weighted by Crippen LogP contribution is -2.15. The van der Waals surface area contributed by atoms with E-state index in [0.29, 0.717) is 28.0 Å². The number of carbonyl (C=O) groups excluding carboxylic acids is 2. The summed E-state index contributed by atoms with van der Waals surface area (Å²) in [5.74, 6) is -1.48. The van der Waals surface area contributed by atoms with E-state index < -0.39 is 11.9 Å². The fourth-order valence-corrected chi connectivity index (χ4v) is 2.93. The Morgan fingerprint density at radius 3 is 2.62 bits per heavy atom. The van der Waals surface area contributed by atoms with E-state index in [0.717, 1.165) is 5.56 Å². The van der Waals surface area contributed by atoms with Crippen LogP contribution in [0.2, 0.25) is 10.0 Å². The maximum atomic E-state index is 12.6. The molecule has 0 saturated carbocycles. The zero-order valence-electron chi connectivity index (χ0n) is 15.4. The number of amides is 1. The molecule has 0 atom stereocenters. The van der Waals surface area contributed by atoms with Gasteiger partial charge in [0.1, 0.15) is 11.3 Å². The Labute approximate surface area is 176 Å². The number of aromatic hydroxyl groups is 1. The van der Waals surface area contributed by atoms with Crippen LogP contribution in [0.4, 0.5) is 5.69 Å². The third-order valence-electron chi connectivity index (χ3n) is 4.17. The second kappa shape index (κ2) is 8.50. The van der Waals surface area contributed by atoms with Crippen molar-refractivity contribution in [1.29, 1.82) is 0 Å². The molecule has 0 unspecified atom stereocenters. The van der Waals surface area contributed by atoms with E-state index in [1.165, 1.54) is 25.3 Å². The number of carbonyl (C=O) groups is 2. The van der Waals surface area contributed by atoms with Gasteiger partial charge in [-0.15, -0.1) is 5.10 Å². The molecular formula is C19H16Cl2N4O4. The molecule has 1 amide bonds. The van der Waals surface area contributed by atoms with Gasteiger partial charge in [-0.2, -0.15) is 0 Å². The largest absolute Gasteiger partial charge is 0.507 e. The summed E-state index contributed by atoms with van der Waals surface area (Å²) in [5, 5.41) is 21.2. The van der Waals surface area contributed by atoms with Crippen LogP contribution in [-0.4, -0.2) is 39.1 Å². The lowest BCUT2D eigenvalue weighted by Gasteiger charge is -2.08. The highest BCUT2D eigenvalue weighted by atomic mass is 35.5. The summed E-state index contributed by atoms with van der Waals surface area (Å²) in [5.41, 5.74) is 1.75. The van der Waals surface area contributed by atoms with Crippen molar-refractivity contribution in [3.8, 4) is 5.75 Å². The van der Waals surface area contributed by atoms with Gasteiger partial charge in [0.25, 0.3) is 5.91 Å². The topological polar surface area (TPSA) is 106 Å². The van der Waals surface area contributed by atoms with Crippen LogP contribution < -0.4 is 5.32 Å². The fourth-order valence-electron chi connectivity index (χ4n) is 2.61. The van der Waals surface area contributed by atoms with E-state index in [9.17, 15) is 14.7 Å². The zero-order valence-corrected chi connectivity index (χ0v) is 17.0. The normalized spacial score (nSPS) is 10.6. The Morgan fingerprint density at radius 2 is 1.93 bits per heavy atom. The molecule has 0 spiro atoms. The van der Waals surface area contributed by atoms with Gasteiger partial charge in [-0.1, -0.05) is 34.5 Å². The van der Waals surface area contributed by atoms with Crippen LogP contribution in [-0.2, 0) is 11.3 Å². The first-order chi connectivity index (χ1) is 13.8. The minimum atomic E-state index is -0.720. The van der Waals surface area contributed by atoms with E-state index in [2.05, 4.69) is 20.4 Å². The molecule has 0 aliphatic carbocycles. The lowest BCUT2D eigenvalue weighted by molar-refractivity contribution is 0.0597.